The molecule has 1 saturated heterocycles. The minimum atomic E-state index is -4.14. The van der Waals surface area contributed by atoms with Gasteiger partial charge in [-0.15, -0.1) is 0 Å². The minimum Gasteiger partial charge on any atom is -0.451 e. The Morgan fingerprint density at radius 1 is 1.10 bits per heavy atom. The summed E-state index contributed by atoms with van der Waals surface area (Å²) in [6, 6.07) is 0.559. The lowest BCUT2D eigenvalue weighted by Gasteiger charge is -2.26. The molecule has 2 heterocycles. The van der Waals surface area contributed by atoms with E-state index < -0.39 is 22.3 Å². The number of carbonyl (C=O) groups excluding carboxylic acids is 1. The third-order valence-electron chi connectivity index (χ3n) is 6.16. The number of furan rings is 1. The van der Waals surface area contributed by atoms with Crippen molar-refractivity contribution in [1.82, 2.24) is 10.0 Å². The lowest BCUT2D eigenvalue weighted by molar-refractivity contribution is -0.0444. The van der Waals surface area contributed by atoms with E-state index in [2.05, 4.69) is 10.0 Å². The zero-order chi connectivity index (χ0) is 20.0. The Morgan fingerprint density at radius 2 is 1.93 bits per heavy atom. The number of fused-ring (bicyclic) bond motifs is 1. The van der Waals surface area contributed by atoms with Crippen molar-refractivity contribution in [2.24, 2.45) is 5.92 Å². The quantitative estimate of drug-likeness (QED) is 0.774. The molecule has 1 unspecified atom stereocenters. The van der Waals surface area contributed by atoms with Gasteiger partial charge in [0.1, 0.15) is 6.26 Å². The second-order valence-corrected chi connectivity index (χ2v) is 9.57. The molecule has 29 heavy (non-hydrogen) atoms. The van der Waals surface area contributed by atoms with Crippen LogP contribution in [-0.4, -0.2) is 27.7 Å². The second-order valence-electron chi connectivity index (χ2n) is 7.96. The van der Waals surface area contributed by atoms with Crippen LogP contribution in [0.1, 0.15) is 56.8 Å². The third-order valence-corrected chi connectivity index (χ3v) is 7.36. The highest BCUT2D eigenvalue weighted by Gasteiger charge is 2.35. The fraction of sp³-hybridized carbons (Fsp3) is 0.550. The number of hydrogen-bond donors (Lipinski definition) is 2. The lowest BCUT2D eigenvalue weighted by Crippen LogP contribution is -2.40. The largest absolute Gasteiger partial charge is 0.451 e. The molecule has 0 radical (unpaired) electrons. The van der Waals surface area contributed by atoms with Gasteiger partial charge in [-0.05, 0) is 62.0 Å². The van der Waals surface area contributed by atoms with Gasteiger partial charge in [-0.2, -0.15) is 8.42 Å². The summed E-state index contributed by atoms with van der Waals surface area (Å²) in [7, 11) is -4.14. The number of nitrogens with one attached hydrogen (secondary N) is 2. The van der Waals surface area contributed by atoms with Crippen molar-refractivity contribution in [2.75, 3.05) is 13.2 Å². The van der Waals surface area contributed by atoms with Crippen LogP contribution in [0.5, 0.6) is 0 Å². The summed E-state index contributed by atoms with van der Waals surface area (Å²) in [6.45, 7) is 0.879. The second kappa shape index (κ2) is 7.30. The summed E-state index contributed by atoms with van der Waals surface area (Å²) >= 11 is 0. The first-order valence-electron chi connectivity index (χ1n) is 10.1. The number of urea groups is 1. The number of hydrogen-bond acceptors (Lipinski definition) is 6. The molecule has 2 fully saturated rings. The van der Waals surface area contributed by atoms with E-state index in [1.807, 2.05) is 0 Å². The highest BCUT2D eigenvalue weighted by molar-refractivity contribution is 7.89. The van der Waals surface area contributed by atoms with E-state index in [-0.39, 0.29) is 5.09 Å². The summed E-state index contributed by atoms with van der Waals surface area (Å²) in [5.74, 6) is 0.484. The molecule has 0 spiro atoms. The van der Waals surface area contributed by atoms with E-state index in [1.165, 1.54) is 29.0 Å². The molecule has 1 saturated carbocycles. The van der Waals surface area contributed by atoms with E-state index in [1.54, 1.807) is 0 Å². The predicted octanol–water partition coefficient (Wildman–Crippen LogP) is 3.25. The maximum absolute atomic E-state index is 12.6. The maximum atomic E-state index is 12.6. The molecule has 2 N–H and O–H groups in total. The zero-order valence-electron chi connectivity index (χ0n) is 16.0. The van der Waals surface area contributed by atoms with Crippen molar-refractivity contribution >= 4 is 16.1 Å². The van der Waals surface area contributed by atoms with Gasteiger partial charge in [-0.25, -0.2) is 9.52 Å². The Bertz CT molecular complexity index is 1000. The molecule has 1 atom stereocenters. The summed E-state index contributed by atoms with van der Waals surface area (Å²) in [5, 5.41) is 2.51. The highest BCUT2D eigenvalue weighted by atomic mass is 32.2. The van der Waals surface area contributed by atoms with Crippen molar-refractivity contribution < 1.29 is 27.1 Å². The number of rotatable bonds is 4. The molecule has 1 aromatic heterocycles. The average Bonchev–Trinajstić information content (AvgIpc) is 3.46. The summed E-state index contributed by atoms with van der Waals surface area (Å²) < 4.78 is 43.1. The molecule has 5 rings (SSSR count). The van der Waals surface area contributed by atoms with Crippen LogP contribution in [0.15, 0.2) is 44.3 Å². The topological polar surface area (TPSA) is 107 Å². The molecule has 4 aliphatic rings. The number of allylic oxidation sites excluding steroid dienone is 3. The molecule has 8 nitrogen and oxygen atoms in total. The van der Waals surface area contributed by atoms with Crippen molar-refractivity contribution in [3.05, 3.63) is 40.3 Å². The fourth-order valence-electron chi connectivity index (χ4n) is 4.91. The molecule has 0 aromatic carbocycles. The van der Waals surface area contributed by atoms with Gasteiger partial charge < -0.3 is 19.2 Å². The van der Waals surface area contributed by atoms with Crippen LogP contribution in [0, 0.1) is 5.92 Å². The van der Waals surface area contributed by atoms with Crippen molar-refractivity contribution in [3.63, 3.8) is 0 Å². The SMILES string of the molecule is O=C(NC1=C2CCCC2CC2=C1CCC2)NS(=O)(=O)c1cc(C2OCCO2)co1. The van der Waals surface area contributed by atoms with E-state index >= 15 is 0 Å². The van der Waals surface area contributed by atoms with E-state index in [4.69, 9.17) is 13.9 Å². The maximum Gasteiger partial charge on any atom is 0.333 e. The smallest absolute Gasteiger partial charge is 0.333 e. The Balaban J connectivity index is 1.32. The van der Waals surface area contributed by atoms with Crippen molar-refractivity contribution in [1.29, 1.82) is 0 Å². The first-order valence-corrected chi connectivity index (χ1v) is 11.6. The summed E-state index contributed by atoms with van der Waals surface area (Å²) in [5.41, 5.74) is 5.23. The highest BCUT2D eigenvalue weighted by Crippen LogP contribution is 2.48. The van der Waals surface area contributed by atoms with Crippen LogP contribution >= 0.6 is 0 Å². The standard InChI is InChI=1S/C20H24N2O6S/c23-20(21-18-15-5-1-3-12(15)9-13-4-2-6-16(13)18)22-29(24,25)17-10-14(11-28-17)19-26-7-8-27-19/h10-12,19H,1-9H2,(H2,21,22,23). The van der Waals surface area contributed by atoms with Gasteiger partial charge in [-0.1, -0.05) is 5.57 Å². The molecule has 9 heteroatoms. The van der Waals surface area contributed by atoms with Gasteiger partial charge in [0, 0.05) is 17.3 Å². The van der Waals surface area contributed by atoms with Crippen molar-refractivity contribution in [3.8, 4) is 0 Å². The van der Waals surface area contributed by atoms with Gasteiger partial charge in [0.2, 0.25) is 5.09 Å². The predicted molar refractivity (Wildman–Crippen MR) is 102 cm³/mol. The van der Waals surface area contributed by atoms with Gasteiger partial charge in [-0.3, -0.25) is 0 Å². The van der Waals surface area contributed by atoms with Gasteiger partial charge in [0.05, 0.1) is 13.2 Å². The first-order chi connectivity index (χ1) is 14.0. The van der Waals surface area contributed by atoms with E-state index in [9.17, 15) is 13.2 Å². The van der Waals surface area contributed by atoms with Gasteiger partial charge >= 0.3 is 6.03 Å². The first kappa shape index (κ1) is 18.9. The summed E-state index contributed by atoms with van der Waals surface area (Å²) in [4.78, 5) is 12.6. The number of ether oxygens (including phenoxy) is 2. The summed E-state index contributed by atoms with van der Waals surface area (Å²) in [6.07, 6.45) is 8.05. The monoisotopic (exact) mass is 420 g/mol. The van der Waals surface area contributed by atoms with Crippen LogP contribution in [0.4, 0.5) is 4.79 Å². The average molecular weight is 420 g/mol. The van der Waals surface area contributed by atoms with Crippen LogP contribution < -0.4 is 10.0 Å². The molecule has 2 amide bonds. The molecule has 3 aliphatic carbocycles. The van der Waals surface area contributed by atoms with Crippen molar-refractivity contribution in [2.45, 2.75) is 56.3 Å². The fourth-order valence-corrected chi connectivity index (χ4v) is 5.77. The Kier molecular flexibility index (Phi) is 4.76. The number of amides is 2. The normalized spacial score (nSPS) is 24.8. The van der Waals surface area contributed by atoms with Gasteiger partial charge in [0.15, 0.2) is 6.29 Å². The Labute approximate surface area is 169 Å². The van der Waals surface area contributed by atoms with Crippen LogP contribution in [0.3, 0.4) is 0 Å². The molecule has 1 aliphatic heterocycles. The molecule has 156 valence electrons. The van der Waals surface area contributed by atoms with Crippen LogP contribution in [0.2, 0.25) is 0 Å². The lowest BCUT2D eigenvalue weighted by atomic mass is 9.84. The Morgan fingerprint density at radius 3 is 2.76 bits per heavy atom. The Hall–Kier alpha value is -2.10. The number of sulfonamides is 1. The van der Waals surface area contributed by atoms with E-state index in [0.717, 1.165) is 50.6 Å². The minimum absolute atomic E-state index is 0.345. The third kappa shape index (κ3) is 3.51. The van der Waals surface area contributed by atoms with Crippen LogP contribution in [-0.2, 0) is 19.5 Å². The molecular weight excluding hydrogens is 396 g/mol. The molecule has 0 bridgehead atoms. The van der Waals surface area contributed by atoms with Crippen LogP contribution in [0.25, 0.3) is 0 Å². The van der Waals surface area contributed by atoms with E-state index in [0.29, 0.717) is 24.7 Å². The molecule has 1 aromatic rings. The zero-order valence-corrected chi connectivity index (χ0v) is 16.8. The molecular formula is C20H24N2O6S. The van der Waals surface area contributed by atoms with Gasteiger partial charge in [0.25, 0.3) is 10.0 Å². The number of carbonyl (C=O) groups is 1.